The lowest BCUT2D eigenvalue weighted by Crippen LogP contribution is -2.41. The minimum absolute atomic E-state index is 0.106. The molecule has 2 atom stereocenters. The molecule has 0 saturated heterocycles. The van der Waals surface area contributed by atoms with Crippen molar-refractivity contribution in [1.29, 1.82) is 0 Å². The summed E-state index contributed by atoms with van der Waals surface area (Å²) in [7, 11) is 0. The Hall–Kier alpha value is -2.07. The Balaban J connectivity index is 1.52. The van der Waals surface area contributed by atoms with Gasteiger partial charge >= 0.3 is 0 Å². The maximum Gasteiger partial charge on any atom is 0.226 e. The van der Waals surface area contributed by atoms with Crippen LogP contribution < -0.4 is 0 Å². The molecule has 0 fully saturated rings. The van der Waals surface area contributed by atoms with Crippen molar-refractivity contribution in [2.24, 2.45) is 0 Å². The number of carbonyl (C=O) groups is 1. The highest BCUT2D eigenvalue weighted by atomic mass is 16.5. The maximum absolute atomic E-state index is 12.9. The first-order chi connectivity index (χ1) is 11.6. The van der Waals surface area contributed by atoms with Crippen molar-refractivity contribution < 1.29 is 9.53 Å². The number of aromatic nitrogens is 1. The lowest BCUT2D eigenvalue weighted by Gasteiger charge is -2.37. The molecule has 2 aliphatic rings. The summed E-state index contributed by atoms with van der Waals surface area (Å²) in [6.07, 6.45) is 1.26. The van der Waals surface area contributed by atoms with E-state index in [1.807, 2.05) is 11.0 Å². The van der Waals surface area contributed by atoms with E-state index in [1.54, 1.807) is 0 Å². The van der Waals surface area contributed by atoms with E-state index in [1.165, 1.54) is 22.5 Å². The zero-order valence-corrected chi connectivity index (χ0v) is 14.4. The van der Waals surface area contributed by atoms with E-state index < -0.39 is 0 Å². The molecule has 0 unspecified atom stereocenters. The molecule has 1 aromatic heterocycles. The van der Waals surface area contributed by atoms with Crippen molar-refractivity contribution in [3.05, 3.63) is 58.9 Å². The molecule has 0 bridgehead atoms. The van der Waals surface area contributed by atoms with E-state index in [4.69, 9.17) is 4.74 Å². The molecular weight excluding hydrogens is 300 g/mol. The monoisotopic (exact) mass is 324 g/mol. The fourth-order valence-electron chi connectivity index (χ4n) is 4.08. The molecule has 0 saturated carbocycles. The first-order valence-corrected chi connectivity index (χ1v) is 8.80. The number of ether oxygens (including phenoxy) is 1. The van der Waals surface area contributed by atoms with Gasteiger partial charge in [-0.2, -0.15) is 0 Å². The van der Waals surface area contributed by atoms with Crippen molar-refractivity contribution in [2.45, 2.75) is 45.4 Å². The quantitative estimate of drug-likeness (QED) is 0.848. The standard InChI is InChI=1S/C20H24N2O2/c1-14-7-8-18-15(2)22(11-10-21(14)18)20(23)13-19-17-6-4-3-5-16(17)9-12-24-19/h3-8,15,19H,9-13H2,1-2H3/t15-,19+/m1/s1. The van der Waals surface area contributed by atoms with Crippen LogP contribution in [0.2, 0.25) is 0 Å². The molecular formula is C20H24N2O2. The van der Waals surface area contributed by atoms with Gasteiger partial charge in [0, 0.05) is 24.5 Å². The van der Waals surface area contributed by atoms with Gasteiger partial charge in [0.2, 0.25) is 5.91 Å². The zero-order chi connectivity index (χ0) is 16.7. The first kappa shape index (κ1) is 15.5. The average Bonchev–Trinajstić information content (AvgIpc) is 2.97. The van der Waals surface area contributed by atoms with Gasteiger partial charge in [0.25, 0.3) is 0 Å². The van der Waals surface area contributed by atoms with Gasteiger partial charge in [-0.25, -0.2) is 0 Å². The summed E-state index contributed by atoms with van der Waals surface area (Å²) >= 11 is 0. The van der Waals surface area contributed by atoms with Gasteiger partial charge in [0.15, 0.2) is 0 Å². The topological polar surface area (TPSA) is 34.5 Å². The molecule has 1 amide bonds. The molecule has 0 N–H and O–H groups in total. The summed E-state index contributed by atoms with van der Waals surface area (Å²) in [6.45, 7) is 6.61. The number of fused-ring (bicyclic) bond motifs is 2. The summed E-state index contributed by atoms with van der Waals surface area (Å²) in [5, 5.41) is 0. The second-order valence-electron chi connectivity index (χ2n) is 6.83. The van der Waals surface area contributed by atoms with Crippen molar-refractivity contribution in [3.8, 4) is 0 Å². The largest absolute Gasteiger partial charge is 0.373 e. The molecule has 4 nitrogen and oxygen atoms in total. The Morgan fingerprint density at radius 1 is 1.21 bits per heavy atom. The number of rotatable bonds is 2. The highest BCUT2D eigenvalue weighted by Crippen LogP contribution is 2.33. The number of hydrogen-bond donors (Lipinski definition) is 0. The molecule has 0 radical (unpaired) electrons. The number of benzene rings is 1. The third-order valence-electron chi connectivity index (χ3n) is 5.47. The van der Waals surface area contributed by atoms with Crippen LogP contribution >= 0.6 is 0 Å². The van der Waals surface area contributed by atoms with Crippen molar-refractivity contribution in [1.82, 2.24) is 9.47 Å². The van der Waals surface area contributed by atoms with E-state index in [-0.39, 0.29) is 18.1 Å². The van der Waals surface area contributed by atoms with Crippen molar-refractivity contribution >= 4 is 5.91 Å². The maximum atomic E-state index is 12.9. The number of amides is 1. The third kappa shape index (κ3) is 2.55. The van der Waals surface area contributed by atoms with E-state index >= 15 is 0 Å². The minimum atomic E-state index is -0.106. The lowest BCUT2D eigenvalue weighted by molar-refractivity contribution is -0.138. The number of aryl methyl sites for hydroxylation is 1. The summed E-state index contributed by atoms with van der Waals surface area (Å²) in [4.78, 5) is 14.9. The van der Waals surface area contributed by atoms with E-state index in [9.17, 15) is 4.79 Å². The highest BCUT2D eigenvalue weighted by Gasteiger charge is 2.31. The van der Waals surface area contributed by atoms with E-state index in [2.05, 4.69) is 48.7 Å². The van der Waals surface area contributed by atoms with Gasteiger partial charge in [-0.15, -0.1) is 0 Å². The van der Waals surface area contributed by atoms with Crippen LogP contribution in [0.3, 0.4) is 0 Å². The van der Waals surface area contributed by atoms with Gasteiger partial charge in [-0.3, -0.25) is 4.79 Å². The van der Waals surface area contributed by atoms with Gasteiger partial charge in [-0.05, 0) is 43.5 Å². The van der Waals surface area contributed by atoms with E-state index in [0.717, 1.165) is 19.5 Å². The van der Waals surface area contributed by atoms with Crippen LogP contribution in [-0.4, -0.2) is 28.5 Å². The van der Waals surface area contributed by atoms with Crippen molar-refractivity contribution in [3.63, 3.8) is 0 Å². The van der Waals surface area contributed by atoms with Gasteiger partial charge in [0.05, 0.1) is 25.2 Å². The molecule has 1 aromatic carbocycles. The summed E-state index contributed by atoms with van der Waals surface area (Å²) in [5.74, 6) is 0.189. The van der Waals surface area contributed by atoms with Gasteiger partial charge < -0.3 is 14.2 Å². The molecule has 4 heteroatoms. The predicted molar refractivity (Wildman–Crippen MR) is 92.8 cm³/mol. The highest BCUT2D eigenvalue weighted by molar-refractivity contribution is 5.77. The Bertz CT molecular complexity index is 765. The number of hydrogen-bond acceptors (Lipinski definition) is 2. The SMILES string of the molecule is Cc1ccc2n1CCN(C(=O)C[C@@H]1OCCc3ccccc31)[C@@H]2C. The second-order valence-corrected chi connectivity index (χ2v) is 6.83. The minimum Gasteiger partial charge on any atom is -0.373 e. The second kappa shape index (κ2) is 6.10. The summed E-state index contributed by atoms with van der Waals surface area (Å²) in [5.41, 5.74) is 5.00. The Labute approximate surface area is 143 Å². The normalized spacial score (nSPS) is 22.8. The summed E-state index contributed by atoms with van der Waals surface area (Å²) < 4.78 is 8.24. The number of carbonyl (C=O) groups excluding carboxylic acids is 1. The van der Waals surface area contributed by atoms with Gasteiger partial charge in [0.1, 0.15) is 0 Å². The van der Waals surface area contributed by atoms with Crippen LogP contribution in [0, 0.1) is 6.92 Å². The Morgan fingerprint density at radius 2 is 2.04 bits per heavy atom. The smallest absolute Gasteiger partial charge is 0.226 e. The van der Waals surface area contributed by atoms with Crippen LogP contribution in [0.1, 0.15) is 48.0 Å². The fourth-order valence-corrected chi connectivity index (χ4v) is 4.08. The van der Waals surface area contributed by atoms with Crippen LogP contribution in [0.25, 0.3) is 0 Å². The molecule has 0 spiro atoms. The third-order valence-corrected chi connectivity index (χ3v) is 5.47. The Kier molecular flexibility index (Phi) is 3.93. The Morgan fingerprint density at radius 3 is 2.92 bits per heavy atom. The van der Waals surface area contributed by atoms with Crippen molar-refractivity contribution in [2.75, 3.05) is 13.2 Å². The fraction of sp³-hybridized carbons (Fsp3) is 0.450. The average molecular weight is 324 g/mol. The predicted octanol–water partition coefficient (Wildman–Crippen LogP) is 3.40. The first-order valence-electron chi connectivity index (χ1n) is 8.80. The van der Waals surface area contributed by atoms with Crippen LogP contribution in [-0.2, 0) is 22.5 Å². The molecule has 24 heavy (non-hydrogen) atoms. The van der Waals surface area contributed by atoms with E-state index in [0.29, 0.717) is 13.0 Å². The van der Waals surface area contributed by atoms with Gasteiger partial charge in [-0.1, -0.05) is 24.3 Å². The lowest BCUT2D eigenvalue weighted by atomic mass is 9.95. The molecule has 3 heterocycles. The number of nitrogens with zero attached hydrogens (tertiary/aromatic N) is 2. The zero-order valence-electron chi connectivity index (χ0n) is 14.4. The van der Waals surface area contributed by atoms with Crippen LogP contribution in [0.5, 0.6) is 0 Å². The molecule has 4 rings (SSSR count). The molecule has 0 aliphatic carbocycles. The van der Waals surface area contributed by atoms with Crippen LogP contribution in [0.15, 0.2) is 36.4 Å². The summed E-state index contributed by atoms with van der Waals surface area (Å²) in [6, 6.07) is 12.7. The molecule has 126 valence electrons. The molecule has 2 aliphatic heterocycles. The van der Waals surface area contributed by atoms with Crippen LogP contribution in [0.4, 0.5) is 0 Å². The molecule has 2 aromatic rings.